The summed E-state index contributed by atoms with van der Waals surface area (Å²) in [6.07, 6.45) is 0.690. The van der Waals surface area contributed by atoms with Crippen molar-refractivity contribution in [2.45, 2.75) is 59.1 Å². The fraction of sp³-hybridized carbons (Fsp3) is 0.778. The number of hydrogen-bond donors (Lipinski definition) is 2. The molecule has 4 amide bonds. The normalized spacial score (nSPS) is 17.0. The van der Waals surface area contributed by atoms with Gasteiger partial charge in [-0.25, -0.2) is 4.79 Å². The van der Waals surface area contributed by atoms with Crippen LogP contribution in [0.3, 0.4) is 0 Å². The summed E-state index contributed by atoms with van der Waals surface area (Å²) < 4.78 is 5.39. The summed E-state index contributed by atoms with van der Waals surface area (Å²) in [5.41, 5.74) is 4.37. The van der Waals surface area contributed by atoms with E-state index in [9.17, 15) is 19.2 Å². The fourth-order valence-corrected chi connectivity index (χ4v) is 2.86. The monoisotopic (exact) mass is 384 g/mol. The number of carbonyl (C=O) groups is 4. The Kier molecular flexibility index (Phi) is 8.05. The van der Waals surface area contributed by atoms with E-state index < -0.39 is 29.6 Å². The molecule has 3 N–H and O–H groups in total. The van der Waals surface area contributed by atoms with Gasteiger partial charge < -0.3 is 20.7 Å². The van der Waals surface area contributed by atoms with Crippen LogP contribution in [0.15, 0.2) is 0 Å². The highest BCUT2D eigenvalue weighted by atomic mass is 16.6. The highest BCUT2D eigenvalue weighted by Gasteiger charge is 2.39. The molecule has 0 saturated carbocycles. The molecule has 0 aromatic heterocycles. The molecule has 0 radical (unpaired) electrons. The molecular formula is C18H32N4O5. The van der Waals surface area contributed by atoms with Crippen molar-refractivity contribution in [2.24, 2.45) is 11.7 Å². The maximum atomic E-state index is 13.0. The Morgan fingerprint density at radius 3 is 2.41 bits per heavy atom. The van der Waals surface area contributed by atoms with Gasteiger partial charge in [0.1, 0.15) is 11.6 Å². The van der Waals surface area contributed by atoms with E-state index in [4.69, 9.17) is 10.5 Å². The quantitative estimate of drug-likeness (QED) is 0.661. The van der Waals surface area contributed by atoms with Crippen molar-refractivity contribution in [3.8, 4) is 0 Å². The van der Waals surface area contributed by atoms with Crippen molar-refractivity contribution in [1.29, 1.82) is 0 Å². The van der Waals surface area contributed by atoms with Gasteiger partial charge in [-0.3, -0.25) is 19.3 Å². The number of primary amides is 1. The Labute approximate surface area is 160 Å². The predicted molar refractivity (Wildman–Crippen MR) is 99.6 cm³/mol. The van der Waals surface area contributed by atoms with Gasteiger partial charge in [0.05, 0.1) is 13.1 Å². The molecule has 0 aromatic rings. The smallest absolute Gasteiger partial charge is 0.410 e. The number of amides is 4. The summed E-state index contributed by atoms with van der Waals surface area (Å²) in [7, 11) is 0. The van der Waals surface area contributed by atoms with Crippen molar-refractivity contribution in [2.75, 3.05) is 26.2 Å². The fourth-order valence-electron chi connectivity index (χ4n) is 2.86. The largest absolute Gasteiger partial charge is 0.444 e. The molecule has 0 unspecified atom stereocenters. The van der Waals surface area contributed by atoms with Crippen LogP contribution in [0, 0.1) is 5.92 Å². The second-order valence-electron chi connectivity index (χ2n) is 8.19. The first kappa shape index (κ1) is 22.7. The molecule has 27 heavy (non-hydrogen) atoms. The molecule has 0 bridgehead atoms. The lowest BCUT2D eigenvalue weighted by Gasteiger charge is -2.32. The molecule has 1 rings (SSSR count). The standard InChI is InChI=1S/C18H32N4O5/c1-12(2)10-21(11-15(24)20-9-14(19)23)16(25)13-7-6-8-22(13)17(26)27-18(3,4)5/h12-13H,6-11H2,1-5H3,(H2,19,23)(H,20,24)/t13-/m0/s1. The lowest BCUT2D eigenvalue weighted by molar-refractivity contribution is -0.140. The molecule has 1 aliphatic heterocycles. The number of nitrogens with two attached hydrogens (primary N) is 1. The van der Waals surface area contributed by atoms with Crippen molar-refractivity contribution in [3.63, 3.8) is 0 Å². The average Bonchev–Trinajstić information content (AvgIpc) is 2.99. The van der Waals surface area contributed by atoms with Crippen LogP contribution in [0.1, 0.15) is 47.5 Å². The Morgan fingerprint density at radius 1 is 1.26 bits per heavy atom. The van der Waals surface area contributed by atoms with Gasteiger partial charge in [-0.2, -0.15) is 0 Å². The highest BCUT2D eigenvalue weighted by Crippen LogP contribution is 2.23. The first-order valence-corrected chi connectivity index (χ1v) is 9.24. The summed E-state index contributed by atoms with van der Waals surface area (Å²) in [6.45, 7) is 9.50. The number of nitrogens with zero attached hydrogens (tertiary/aromatic N) is 2. The van der Waals surface area contributed by atoms with E-state index in [-0.39, 0.29) is 24.9 Å². The van der Waals surface area contributed by atoms with Crippen LogP contribution in [-0.4, -0.2) is 71.4 Å². The van der Waals surface area contributed by atoms with E-state index in [0.29, 0.717) is 25.9 Å². The van der Waals surface area contributed by atoms with Crippen LogP contribution >= 0.6 is 0 Å². The van der Waals surface area contributed by atoms with Gasteiger partial charge in [-0.15, -0.1) is 0 Å². The molecule has 9 heteroatoms. The van der Waals surface area contributed by atoms with E-state index in [1.165, 1.54) is 9.80 Å². The SMILES string of the molecule is CC(C)CN(CC(=O)NCC(N)=O)C(=O)[C@@H]1CCCN1C(=O)OC(C)(C)C. The van der Waals surface area contributed by atoms with Gasteiger partial charge in [0, 0.05) is 13.1 Å². The molecule has 1 saturated heterocycles. The number of rotatable bonds is 7. The minimum absolute atomic E-state index is 0.134. The third kappa shape index (κ3) is 7.84. The zero-order valence-corrected chi connectivity index (χ0v) is 16.9. The molecule has 1 heterocycles. The van der Waals surface area contributed by atoms with Crippen molar-refractivity contribution >= 4 is 23.8 Å². The van der Waals surface area contributed by atoms with Crippen LogP contribution in [0.2, 0.25) is 0 Å². The number of carbonyl (C=O) groups excluding carboxylic acids is 4. The summed E-state index contributed by atoms with van der Waals surface area (Å²) >= 11 is 0. The summed E-state index contributed by atoms with van der Waals surface area (Å²) in [5.74, 6) is -1.28. The van der Waals surface area contributed by atoms with Crippen LogP contribution < -0.4 is 11.1 Å². The van der Waals surface area contributed by atoms with Gasteiger partial charge in [-0.05, 0) is 39.5 Å². The van der Waals surface area contributed by atoms with E-state index in [1.807, 2.05) is 13.8 Å². The van der Waals surface area contributed by atoms with Crippen LogP contribution in [0.5, 0.6) is 0 Å². The van der Waals surface area contributed by atoms with Gasteiger partial charge >= 0.3 is 6.09 Å². The number of ether oxygens (including phenoxy) is 1. The lowest BCUT2D eigenvalue weighted by Crippen LogP contribution is -2.52. The first-order valence-electron chi connectivity index (χ1n) is 9.24. The van der Waals surface area contributed by atoms with Crippen molar-refractivity contribution < 1.29 is 23.9 Å². The third-order valence-electron chi connectivity index (χ3n) is 3.86. The second kappa shape index (κ2) is 9.57. The molecule has 1 aliphatic rings. The highest BCUT2D eigenvalue weighted by molar-refractivity contribution is 5.91. The summed E-state index contributed by atoms with van der Waals surface area (Å²) in [6, 6.07) is -0.650. The molecule has 0 spiro atoms. The van der Waals surface area contributed by atoms with Gasteiger partial charge in [0.25, 0.3) is 0 Å². The van der Waals surface area contributed by atoms with E-state index in [1.54, 1.807) is 20.8 Å². The Hall–Kier alpha value is -2.32. The van der Waals surface area contributed by atoms with Crippen LogP contribution in [0.25, 0.3) is 0 Å². The zero-order chi connectivity index (χ0) is 20.8. The third-order valence-corrected chi connectivity index (χ3v) is 3.86. The van der Waals surface area contributed by atoms with Crippen molar-refractivity contribution in [3.05, 3.63) is 0 Å². The number of hydrogen-bond acceptors (Lipinski definition) is 5. The van der Waals surface area contributed by atoms with E-state index in [0.717, 1.165) is 0 Å². The molecule has 1 atom stereocenters. The second-order valence-corrected chi connectivity index (χ2v) is 8.19. The maximum Gasteiger partial charge on any atom is 0.410 e. The molecule has 0 aromatic carbocycles. The topological polar surface area (TPSA) is 122 Å². The first-order chi connectivity index (χ1) is 12.4. The van der Waals surface area contributed by atoms with Crippen molar-refractivity contribution in [1.82, 2.24) is 15.1 Å². The molecule has 154 valence electrons. The van der Waals surface area contributed by atoms with Crippen LogP contribution in [0.4, 0.5) is 4.79 Å². The molecule has 1 fully saturated rings. The van der Waals surface area contributed by atoms with Gasteiger partial charge in [-0.1, -0.05) is 13.8 Å². The minimum Gasteiger partial charge on any atom is -0.444 e. The van der Waals surface area contributed by atoms with Crippen LogP contribution in [-0.2, 0) is 19.1 Å². The molecular weight excluding hydrogens is 352 g/mol. The number of likely N-dealkylation sites (tertiary alicyclic amines) is 1. The Bertz CT molecular complexity index is 571. The maximum absolute atomic E-state index is 13.0. The summed E-state index contributed by atoms with van der Waals surface area (Å²) in [5, 5.41) is 2.38. The van der Waals surface area contributed by atoms with Gasteiger partial charge in [0.15, 0.2) is 0 Å². The van der Waals surface area contributed by atoms with E-state index >= 15 is 0 Å². The summed E-state index contributed by atoms with van der Waals surface area (Å²) in [4.78, 5) is 51.2. The minimum atomic E-state index is -0.656. The van der Waals surface area contributed by atoms with E-state index in [2.05, 4.69) is 5.32 Å². The zero-order valence-electron chi connectivity index (χ0n) is 16.9. The molecule has 0 aliphatic carbocycles. The Morgan fingerprint density at radius 2 is 1.89 bits per heavy atom. The number of nitrogens with one attached hydrogen (secondary N) is 1. The molecule has 9 nitrogen and oxygen atoms in total. The lowest BCUT2D eigenvalue weighted by atomic mass is 10.1. The Balaban J connectivity index is 2.85. The average molecular weight is 384 g/mol. The predicted octanol–water partition coefficient (Wildman–Crippen LogP) is 0.472. The van der Waals surface area contributed by atoms with Gasteiger partial charge in [0.2, 0.25) is 17.7 Å².